The summed E-state index contributed by atoms with van der Waals surface area (Å²) in [6, 6.07) is 28.1. The molecule has 1 unspecified atom stereocenters. The smallest absolute Gasteiger partial charge is 0.159 e. The number of hydrogen-bond acceptors (Lipinski definition) is 3. The van der Waals surface area contributed by atoms with E-state index in [-0.39, 0.29) is 5.92 Å². The molecular formula is C53H44N2O. The third-order valence-corrected chi connectivity index (χ3v) is 11.8. The molecule has 272 valence electrons. The molecule has 0 amide bonds. The summed E-state index contributed by atoms with van der Waals surface area (Å²) in [5, 5.41) is 1.15. The summed E-state index contributed by atoms with van der Waals surface area (Å²) in [4.78, 5) is 10.6. The molecule has 5 aliphatic rings. The lowest BCUT2D eigenvalue weighted by Gasteiger charge is -2.21. The molecule has 2 heterocycles. The van der Waals surface area contributed by atoms with Crippen molar-refractivity contribution in [3.8, 4) is 22.4 Å². The van der Waals surface area contributed by atoms with Crippen LogP contribution >= 0.6 is 0 Å². The highest BCUT2D eigenvalue weighted by molar-refractivity contribution is 6.01. The van der Waals surface area contributed by atoms with Crippen LogP contribution in [0.3, 0.4) is 0 Å². The van der Waals surface area contributed by atoms with E-state index >= 15 is 0 Å². The minimum absolute atomic E-state index is 0.136. The lowest BCUT2D eigenvalue weighted by molar-refractivity contribution is 0.543. The standard InChI is InChI=1S/C53H44N2O/c1-2-6-17-44(16-5-1)53-54-48(43-30-28-41(29-31-43)40-22-20-38(21-23-40)36-12-7-3-8-13-36)35-49(55-53)46-18-11-19-51-52(46)47-34-45(32-33-50(47)56-51)42-26-24-39(25-27-42)37-14-9-4-10-15-37/h1-5,7-9,11-14,16-24,26,28-30,34-35,43H,6,10,15,25,27,31-33H2. The van der Waals surface area contributed by atoms with Gasteiger partial charge in [0.15, 0.2) is 5.82 Å². The Morgan fingerprint density at radius 1 is 0.607 bits per heavy atom. The topological polar surface area (TPSA) is 38.9 Å². The zero-order valence-corrected chi connectivity index (χ0v) is 31.6. The summed E-state index contributed by atoms with van der Waals surface area (Å²) >= 11 is 0. The van der Waals surface area contributed by atoms with Crippen LogP contribution in [0, 0.1) is 0 Å². The first kappa shape index (κ1) is 34.2. The Kier molecular flexibility index (Phi) is 9.20. The number of rotatable bonds is 7. The van der Waals surface area contributed by atoms with Crippen molar-refractivity contribution in [2.24, 2.45) is 0 Å². The van der Waals surface area contributed by atoms with Crippen LogP contribution in [-0.2, 0) is 6.42 Å². The van der Waals surface area contributed by atoms with Gasteiger partial charge in [-0.2, -0.15) is 0 Å². The molecule has 0 aliphatic heterocycles. The SMILES string of the molecule is C1=CCC=C(c2nc(-c3cccc4oc5c(c34)C=C(C3=CC=C(C4=CC=CCC4)CC3)CC5)cc(C3C=CC(c4ccc(-c5ccccc5)cc4)=CC3)n2)C=C1. The Morgan fingerprint density at radius 3 is 2.21 bits per heavy atom. The first-order valence-corrected chi connectivity index (χ1v) is 20.2. The maximum atomic E-state index is 6.60. The zero-order chi connectivity index (χ0) is 37.3. The molecule has 0 spiro atoms. The van der Waals surface area contributed by atoms with Gasteiger partial charge in [0.2, 0.25) is 0 Å². The predicted octanol–water partition coefficient (Wildman–Crippen LogP) is 13.8. The fraction of sp³-hybridized carbons (Fsp3) is 0.170. The molecule has 0 saturated carbocycles. The zero-order valence-electron chi connectivity index (χ0n) is 31.6. The highest BCUT2D eigenvalue weighted by Gasteiger charge is 2.25. The molecule has 5 aliphatic carbocycles. The highest BCUT2D eigenvalue weighted by atomic mass is 16.3. The average molecular weight is 725 g/mol. The van der Waals surface area contributed by atoms with Crippen LogP contribution in [0.2, 0.25) is 0 Å². The Bertz CT molecular complexity index is 2660. The van der Waals surface area contributed by atoms with Gasteiger partial charge in [-0.3, -0.25) is 0 Å². The van der Waals surface area contributed by atoms with Gasteiger partial charge in [0, 0.05) is 34.4 Å². The van der Waals surface area contributed by atoms with Gasteiger partial charge in [0.1, 0.15) is 11.3 Å². The maximum absolute atomic E-state index is 6.60. The molecule has 10 rings (SSSR count). The lowest BCUT2D eigenvalue weighted by Crippen LogP contribution is -2.06. The molecular weight excluding hydrogens is 681 g/mol. The van der Waals surface area contributed by atoms with Crippen LogP contribution in [0.1, 0.15) is 79.3 Å². The molecule has 0 bridgehead atoms. The highest BCUT2D eigenvalue weighted by Crippen LogP contribution is 2.43. The second kappa shape index (κ2) is 15.1. The van der Waals surface area contributed by atoms with E-state index in [1.165, 1.54) is 50.1 Å². The summed E-state index contributed by atoms with van der Waals surface area (Å²) in [6.45, 7) is 0. The van der Waals surface area contributed by atoms with Gasteiger partial charge >= 0.3 is 0 Å². The van der Waals surface area contributed by atoms with E-state index in [1.54, 1.807) is 0 Å². The summed E-state index contributed by atoms with van der Waals surface area (Å²) in [7, 11) is 0. The van der Waals surface area contributed by atoms with Crippen LogP contribution < -0.4 is 0 Å². The Labute approximate surface area is 329 Å². The fourth-order valence-electron chi connectivity index (χ4n) is 8.77. The molecule has 0 N–H and O–H groups in total. The number of aromatic nitrogens is 2. The summed E-state index contributed by atoms with van der Waals surface area (Å²) in [5.41, 5.74) is 17.1. The summed E-state index contributed by atoms with van der Waals surface area (Å²) < 4.78 is 6.60. The van der Waals surface area contributed by atoms with E-state index in [0.717, 1.165) is 96.4 Å². The molecule has 0 saturated heterocycles. The molecule has 3 aromatic carbocycles. The van der Waals surface area contributed by atoms with Gasteiger partial charge in [-0.15, -0.1) is 0 Å². The van der Waals surface area contributed by atoms with Gasteiger partial charge in [-0.1, -0.05) is 146 Å². The quantitative estimate of drug-likeness (QED) is 0.168. The molecule has 0 fully saturated rings. The normalized spacial score (nSPS) is 19.0. The second-order valence-corrected chi connectivity index (χ2v) is 15.3. The van der Waals surface area contributed by atoms with Gasteiger partial charge in [0.05, 0.1) is 11.4 Å². The van der Waals surface area contributed by atoms with Gasteiger partial charge in [-0.25, -0.2) is 9.97 Å². The minimum Gasteiger partial charge on any atom is -0.460 e. The van der Waals surface area contributed by atoms with E-state index in [9.17, 15) is 0 Å². The van der Waals surface area contributed by atoms with Crippen LogP contribution in [-0.4, -0.2) is 9.97 Å². The Balaban J connectivity index is 0.996. The van der Waals surface area contributed by atoms with Crippen molar-refractivity contribution < 1.29 is 4.42 Å². The molecule has 3 heteroatoms. The van der Waals surface area contributed by atoms with E-state index in [2.05, 4.69) is 164 Å². The second-order valence-electron chi connectivity index (χ2n) is 15.3. The van der Waals surface area contributed by atoms with Crippen molar-refractivity contribution in [2.75, 3.05) is 0 Å². The third kappa shape index (κ3) is 6.79. The summed E-state index contributed by atoms with van der Waals surface area (Å²) in [6.07, 6.45) is 39.7. The first-order valence-electron chi connectivity index (χ1n) is 20.2. The van der Waals surface area contributed by atoms with Crippen molar-refractivity contribution >= 4 is 28.2 Å². The molecule has 56 heavy (non-hydrogen) atoms. The van der Waals surface area contributed by atoms with Crippen LogP contribution in [0.5, 0.6) is 0 Å². The number of nitrogens with zero attached hydrogens (tertiary/aromatic N) is 2. The van der Waals surface area contributed by atoms with E-state index in [4.69, 9.17) is 14.4 Å². The van der Waals surface area contributed by atoms with Crippen LogP contribution in [0.15, 0.2) is 185 Å². The maximum Gasteiger partial charge on any atom is 0.159 e. The van der Waals surface area contributed by atoms with Crippen molar-refractivity contribution in [3.63, 3.8) is 0 Å². The van der Waals surface area contributed by atoms with E-state index in [0.29, 0.717) is 0 Å². The number of allylic oxidation sites excluding steroid dienone is 19. The summed E-state index contributed by atoms with van der Waals surface area (Å²) in [5.74, 6) is 1.97. The van der Waals surface area contributed by atoms with Crippen molar-refractivity contribution in [1.82, 2.24) is 9.97 Å². The number of hydrogen-bond donors (Lipinski definition) is 0. The van der Waals surface area contributed by atoms with E-state index < -0.39 is 0 Å². The predicted molar refractivity (Wildman–Crippen MR) is 233 cm³/mol. The Hall–Kier alpha value is -6.32. The van der Waals surface area contributed by atoms with Crippen molar-refractivity contribution in [1.29, 1.82) is 0 Å². The van der Waals surface area contributed by atoms with Crippen LogP contribution in [0.25, 0.3) is 50.6 Å². The number of furan rings is 1. The fourth-order valence-corrected chi connectivity index (χ4v) is 8.77. The van der Waals surface area contributed by atoms with Gasteiger partial charge in [0.25, 0.3) is 0 Å². The minimum atomic E-state index is 0.136. The molecule has 1 atom stereocenters. The first-order chi connectivity index (χ1) is 27.7. The molecule has 0 radical (unpaired) electrons. The largest absolute Gasteiger partial charge is 0.460 e. The van der Waals surface area contributed by atoms with Crippen molar-refractivity contribution in [3.05, 3.63) is 209 Å². The molecule has 3 nitrogen and oxygen atoms in total. The van der Waals surface area contributed by atoms with Crippen molar-refractivity contribution in [2.45, 2.75) is 57.3 Å². The number of fused-ring (bicyclic) bond motifs is 3. The van der Waals surface area contributed by atoms with Crippen LogP contribution in [0.4, 0.5) is 0 Å². The molecule has 2 aromatic heterocycles. The Morgan fingerprint density at radius 2 is 1.41 bits per heavy atom. The van der Waals surface area contributed by atoms with Gasteiger partial charge in [-0.05, 0) is 108 Å². The number of aryl methyl sites for hydroxylation is 1. The number of benzene rings is 3. The third-order valence-electron chi connectivity index (χ3n) is 11.8. The van der Waals surface area contributed by atoms with Gasteiger partial charge < -0.3 is 4.42 Å². The van der Waals surface area contributed by atoms with E-state index in [1.807, 2.05) is 0 Å². The lowest BCUT2D eigenvalue weighted by atomic mass is 9.83. The average Bonchev–Trinajstić information content (AvgIpc) is 3.43. The monoisotopic (exact) mass is 724 g/mol. The molecule has 5 aromatic rings.